The molecule has 2 aliphatic rings. The fourth-order valence-corrected chi connectivity index (χ4v) is 2.55. The first kappa shape index (κ1) is 7.56. The van der Waals surface area contributed by atoms with Crippen LogP contribution in [0.15, 0.2) is 0 Å². The van der Waals surface area contributed by atoms with Crippen LogP contribution in [0.25, 0.3) is 0 Å². The third-order valence-electron chi connectivity index (χ3n) is 3.23. The fraction of sp³-hybridized carbons (Fsp3) is 0.700. The number of nitrogens with zero attached hydrogens (tertiary/aromatic N) is 1. The summed E-state index contributed by atoms with van der Waals surface area (Å²) < 4.78 is 0. The smallest absolute Gasteiger partial charge is 0.0826 e. The van der Waals surface area contributed by atoms with Crippen molar-refractivity contribution in [3.63, 3.8) is 0 Å². The molecule has 3 rings (SSSR count). The van der Waals surface area contributed by atoms with Crippen molar-refractivity contribution in [1.29, 1.82) is 0 Å². The fourth-order valence-electron chi connectivity index (χ4n) is 2.55. The lowest BCUT2D eigenvalue weighted by atomic mass is 10.1. The van der Waals surface area contributed by atoms with Crippen molar-refractivity contribution < 1.29 is 0 Å². The zero-order valence-electron chi connectivity index (χ0n) is 7.77. The Bertz CT molecular complexity index is 310. The van der Waals surface area contributed by atoms with Gasteiger partial charge in [-0.3, -0.25) is 5.10 Å². The molecule has 3 heteroatoms. The molecule has 1 aromatic heterocycles. The van der Waals surface area contributed by atoms with Gasteiger partial charge in [0.2, 0.25) is 0 Å². The van der Waals surface area contributed by atoms with Crippen molar-refractivity contribution in [1.82, 2.24) is 15.5 Å². The van der Waals surface area contributed by atoms with E-state index in [1.54, 1.807) is 0 Å². The van der Waals surface area contributed by atoms with Crippen LogP contribution in [0, 0.1) is 0 Å². The largest absolute Gasteiger partial charge is 0.309 e. The highest BCUT2D eigenvalue weighted by atomic mass is 15.1. The Morgan fingerprint density at radius 2 is 2.23 bits per heavy atom. The molecule has 0 bridgehead atoms. The molecule has 13 heavy (non-hydrogen) atoms. The van der Waals surface area contributed by atoms with E-state index >= 15 is 0 Å². The lowest BCUT2D eigenvalue weighted by Crippen LogP contribution is -2.14. The van der Waals surface area contributed by atoms with Crippen LogP contribution in [-0.2, 0) is 12.8 Å². The van der Waals surface area contributed by atoms with Crippen LogP contribution in [0.5, 0.6) is 0 Å². The minimum absolute atomic E-state index is 0.540. The Morgan fingerprint density at radius 3 is 3.08 bits per heavy atom. The standard InChI is InChI=1S/C10H15N3/c1-3-7-8(4-1)12-13-10(7)9-5-2-6-11-9/h9,11H,1-6H2,(H,12,13). The van der Waals surface area contributed by atoms with Gasteiger partial charge in [0.15, 0.2) is 0 Å². The molecule has 1 fully saturated rings. The van der Waals surface area contributed by atoms with Crippen molar-refractivity contribution >= 4 is 0 Å². The molecule has 2 N–H and O–H groups in total. The van der Waals surface area contributed by atoms with E-state index in [2.05, 4.69) is 15.5 Å². The van der Waals surface area contributed by atoms with Crippen molar-refractivity contribution in [3.05, 3.63) is 17.0 Å². The van der Waals surface area contributed by atoms with E-state index in [0.29, 0.717) is 6.04 Å². The quantitative estimate of drug-likeness (QED) is 0.679. The molecule has 1 atom stereocenters. The first-order chi connectivity index (χ1) is 6.45. The molecule has 1 unspecified atom stereocenters. The predicted octanol–water partition coefficient (Wildman–Crippen LogP) is 1.32. The van der Waals surface area contributed by atoms with E-state index in [-0.39, 0.29) is 0 Å². The van der Waals surface area contributed by atoms with Gasteiger partial charge in [-0.25, -0.2) is 0 Å². The SMILES string of the molecule is C1Cc2[nH]nc(C3CCCN3)c2C1. The molecule has 2 heterocycles. The van der Waals surface area contributed by atoms with Crippen molar-refractivity contribution in [2.24, 2.45) is 0 Å². The molecule has 1 saturated heterocycles. The summed E-state index contributed by atoms with van der Waals surface area (Å²) in [5.41, 5.74) is 4.22. The number of fused-ring (bicyclic) bond motifs is 1. The second-order valence-corrected chi connectivity index (χ2v) is 4.07. The molecule has 70 valence electrons. The molecule has 0 spiro atoms. The summed E-state index contributed by atoms with van der Waals surface area (Å²) in [7, 11) is 0. The third kappa shape index (κ3) is 1.10. The van der Waals surface area contributed by atoms with Gasteiger partial charge in [0.1, 0.15) is 0 Å². The molecule has 1 aliphatic heterocycles. The maximum Gasteiger partial charge on any atom is 0.0826 e. The van der Waals surface area contributed by atoms with Gasteiger partial charge in [0, 0.05) is 5.69 Å². The average molecular weight is 177 g/mol. The summed E-state index contributed by atoms with van der Waals surface area (Å²) in [6.07, 6.45) is 6.31. The number of aromatic amines is 1. The number of H-pyrrole nitrogens is 1. The van der Waals surface area contributed by atoms with E-state index in [9.17, 15) is 0 Å². The maximum absolute atomic E-state index is 4.43. The van der Waals surface area contributed by atoms with Crippen LogP contribution in [-0.4, -0.2) is 16.7 Å². The van der Waals surface area contributed by atoms with Crippen LogP contribution in [0.4, 0.5) is 0 Å². The molecule has 1 aliphatic carbocycles. The number of hydrogen-bond acceptors (Lipinski definition) is 2. The Labute approximate surface area is 77.9 Å². The number of aryl methyl sites for hydroxylation is 1. The third-order valence-corrected chi connectivity index (χ3v) is 3.23. The van der Waals surface area contributed by atoms with Gasteiger partial charge in [0.05, 0.1) is 11.7 Å². The number of rotatable bonds is 1. The van der Waals surface area contributed by atoms with Crippen LogP contribution >= 0.6 is 0 Å². The lowest BCUT2D eigenvalue weighted by Gasteiger charge is -2.07. The first-order valence-electron chi connectivity index (χ1n) is 5.24. The zero-order chi connectivity index (χ0) is 8.67. The Balaban J connectivity index is 1.95. The Kier molecular flexibility index (Phi) is 1.65. The molecule has 0 aromatic carbocycles. The number of nitrogens with one attached hydrogen (secondary N) is 2. The summed E-state index contributed by atoms with van der Waals surface area (Å²) in [5, 5.41) is 11.1. The van der Waals surface area contributed by atoms with Crippen molar-refractivity contribution in [3.8, 4) is 0 Å². The summed E-state index contributed by atoms with van der Waals surface area (Å²) in [6.45, 7) is 1.16. The summed E-state index contributed by atoms with van der Waals surface area (Å²) in [5.74, 6) is 0. The second kappa shape index (κ2) is 2.84. The van der Waals surface area contributed by atoms with Gasteiger partial charge in [-0.15, -0.1) is 0 Å². The summed E-state index contributed by atoms with van der Waals surface area (Å²) >= 11 is 0. The maximum atomic E-state index is 4.43. The monoisotopic (exact) mass is 177 g/mol. The molecular formula is C10H15N3. The molecule has 0 amide bonds. The van der Waals surface area contributed by atoms with Gasteiger partial charge < -0.3 is 5.32 Å². The van der Waals surface area contributed by atoms with Gasteiger partial charge in [0.25, 0.3) is 0 Å². The zero-order valence-corrected chi connectivity index (χ0v) is 7.77. The molecular weight excluding hydrogens is 162 g/mol. The highest BCUT2D eigenvalue weighted by Gasteiger charge is 2.25. The van der Waals surface area contributed by atoms with Crippen molar-refractivity contribution in [2.45, 2.75) is 38.1 Å². The summed E-state index contributed by atoms with van der Waals surface area (Å²) in [4.78, 5) is 0. The van der Waals surface area contributed by atoms with Crippen LogP contribution in [0.2, 0.25) is 0 Å². The number of hydrogen-bond donors (Lipinski definition) is 2. The van der Waals surface area contributed by atoms with E-state index in [1.165, 1.54) is 49.1 Å². The predicted molar refractivity (Wildman–Crippen MR) is 50.6 cm³/mol. The topological polar surface area (TPSA) is 40.7 Å². The van der Waals surface area contributed by atoms with Crippen molar-refractivity contribution in [2.75, 3.05) is 6.54 Å². The lowest BCUT2D eigenvalue weighted by molar-refractivity contribution is 0.616. The van der Waals surface area contributed by atoms with Gasteiger partial charge in [-0.05, 0) is 44.2 Å². The normalized spacial score (nSPS) is 26.6. The van der Waals surface area contributed by atoms with E-state index in [0.717, 1.165) is 6.54 Å². The molecule has 0 radical (unpaired) electrons. The van der Waals surface area contributed by atoms with Gasteiger partial charge in [-0.1, -0.05) is 0 Å². The second-order valence-electron chi connectivity index (χ2n) is 4.07. The average Bonchev–Trinajstić information content (AvgIpc) is 2.79. The minimum Gasteiger partial charge on any atom is -0.309 e. The molecule has 1 aromatic rings. The van der Waals surface area contributed by atoms with E-state index in [1.807, 2.05) is 0 Å². The Morgan fingerprint density at radius 1 is 1.23 bits per heavy atom. The highest BCUT2D eigenvalue weighted by Crippen LogP contribution is 2.30. The highest BCUT2D eigenvalue weighted by molar-refractivity contribution is 5.31. The van der Waals surface area contributed by atoms with Crippen LogP contribution < -0.4 is 5.32 Å². The van der Waals surface area contributed by atoms with Crippen LogP contribution in [0.1, 0.15) is 42.3 Å². The van der Waals surface area contributed by atoms with Gasteiger partial charge >= 0.3 is 0 Å². The van der Waals surface area contributed by atoms with E-state index in [4.69, 9.17) is 0 Å². The molecule has 3 nitrogen and oxygen atoms in total. The van der Waals surface area contributed by atoms with E-state index < -0.39 is 0 Å². The minimum atomic E-state index is 0.540. The van der Waals surface area contributed by atoms with Gasteiger partial charge in [-0.2, -0.15) is 5.10 Å². The molecule has 0 saturated carbocycles. The first-order valence-corrected chi connectivity index (χ1v) is 5.24. The summed E-state index contributed by atoms with van der Waals surface area (Å²) in [6, 6.07) is 0.540. The Hall–Kier alpha value is -0.830. The number of aromatic nitrogens is 2. The van der Waals surface area contributed by atoms with Crippen LogP contribution in [0.3, 0.4) is 0 Å².